The van der Waals surface area contributed by atoms with Crippen molar-refractivity contribution >= 4 is 0 Å². The first-order chi connectivity index (χ1) is 10.0. The zero-order chi connectivity index (χ0) is 15.4. The molecular weight excluding hydrogens is 280 g/mol. The molecule has 2 aromatic rings. The Kier molecular flexibility index (Phi) is 4.64. The zero-order valence-corrected chi connectivity index (χ0v) is 11.6. The van der Waals surface area contributed by atoms with Gasteiger partial charge in [-0.1, -0.05) is 6.07 Å². The maximum absolute atomic E-state index is 13.2. The minimum Gasteiger partial charge on any atom is -0.480 e. The van der Waals surface area contributed by atoms with Crippen molar-refractivity contribution < 1.29 is 18.3 Å². The Morgan fingerprint density at radius 2 is 1.95 bits per heavy atom. The molecule has 0 aliphatic carbocycles. The molecule has 2 rings (SSSR count). The largest absolute Gasteiger partial charge is 0.480 e. The summed E-state index contributed by atoms with van der Waals surface area (Å²) in [6.07, 6.45) is 1.69. The Hall–Kier alpha value is -2.28. The van der Waals surface area contributed by atoms with Crippen LogP contribution < -0.4 is 15.2 Å². The third-order valence-electron chi connectivity index (χ3n) is 2.94. The van der Waals surface area contributed by atoms with E-state index in [1.54, 1.807) is 0 Å². The second-order valence-corrected chi connectivity index (χ2v) is 4.37. The van der Waals surface area contributed by atoms with Crippen LogP contribution >= 0.6 is 0 Å². The minimum atomic E-state index is -0.910. The first kappa shape index (κ1) is 15.1. The third kappa shape index (κ3) is 3.43. The van der Waals surface area contributed by atoms with Gasteiger partial charge in [-0.2, -0.15) is 4.98 Å². The third-order valence-corrected chi connectivity index (χ3v) is 2.94. The molecule has 0 saturated heterocycles. The van der Waals surface area contributed by atoms with Gasteiger partial charge in [-0.3, -0.25) is 0 Å². The molecule has 21 heavy (non-hydrogen) atoms. The van der Waals surface area contributed by atoms with E-state index < -0.39 is 17.7 Å². The first-order valence-corrected chi connectivity index (χ1v) is 6.19. The van der Waals surface area contributed by atoms with Crippen molar-refractivity contribution in [2.24, 2.45) is 5.73 Å². The lowest BCUT2D eigenvalue weighted by Crippen LogP contribution is -2.17. The molecule has 112 valence electrons. The van der Waals surface area contributed by atoms with E-state index in [2.05, 4.69) is 9.97 Å². The van der Waals surface area contributed by atoms with Gasteiger partial charge in [0.15, 0.2) is 11.6 Å². The molecule has 7 heteroatoms. The van der Waals surface area contributed by atoms with E-state index in [0.717, 1.165) is 12.1 Å². The predicted molar refractivity (Wildman–Crippen MR) is 72.1 cm³/mol. The molecule has 2 N–H and O–H groups in total. The summed E-state index contributed by atoms with van der Waals surface area (Å²) in [7, 11) is 2.90. The number of rotatable bonds is 5. The Bertz CT molecular complexity index is 638. The molecule has 0 fully saturated rings. The van der Waals surface area contributed by atoms with E-state index in [1.807, 2.05) is 0 Å². The van der Waals surface area contributed by atoms with Crippen molar-refractivity contribution in [3.05, 3.63) is 47.3 Å². The van der Waals surface area contributed by atoms with Crippen molar-refractivity contribution in [1.29, 1.82) is 0 Å². The standard InChI is InChI=1S/C14H15F2N3O2/c1-20-12-7-18-13(14(19-12)21-2)11(17)6-8-3-4-9(15)10(16)5-8/h3-5,7,11H,6,17H2,1-2H3. The van der Waals surface area contributed by atoms with E-state index in [-0.39, 0.29) is 12.3 Å². The predicted octanol–water partition coefficient (Wildman–Crippen LogP) is 2.01. The van der Waals surface area contributed by atoms with Crippen LogP contribution in [0.2, 0.25) is 0 Å². The van der Waals surface area contributed by atoms with Crippen LogP contribution in [0, 0.1) is 11.6 Å². The SMILES string of the molecule is COc1cnc(C(N)Cc2ccc(F)c(F)c2)c(OC)n1. The lowest BCUT2D eigenvalue weighted by molar-refractivity contribution is 0.353. The van der Waals surface area contributed by atoms with Crippen LogP contribution in [0.1, 0.15) is 17.3 Å². The maximum Gasteiger partial charge on any atom is 0.240 e. The van der Waals surface area contributed by atoms with Crippen LogP contribution in [0.25, 0.3) is 0 Å². The van der Waals surface area contributed by atoms with Gasteiger partial charge in [-0.15, -0.1) is 0 Å². The molecule has 0 aliphatic rings. The molecule has 1 aromatic heterocycles. The van der Waals surface area contributed by atoms with E-state index in [9.17, 15) is 8.78 Å². The smallest absolute Gasteiger partial charge is 0.240 e. The molecule has 0 amide bonds. The molecule has 1 aromatic carbocycles. The molecule has 0 radical (unpaired) electrons. The Morgan fingerprint density at radius 1 is 1.19 bits per heavy atom. The average molecular weight is 295 g/mol. The zero-order valence-electron chi connectivity index (χ0n) is 11.6. The maximum atomic E-state index is 13.2. The number of aromatic nitrogens is 2. The van der Waals surface area contributed by atoms with Gasteiger partial charge in [0, 0.05) is 0 Å². The van der Waals surface area contributed by atoms with Crippen LogP contribution in [0.4, 0.5) is 8.78 Å². The molecular formula is C14H15F2N3O2. The summed E-state index contributed by atoms with van der Waals surface area (Å²) in [6, 6.07) is 3.08. The average Bonchev–Trinajstić information content (AvgIpc) is 2.50. The van der Waals surface area contributed by atoms with Gasteiger partial charge < -0.3 is 15.2 Å². The summed E-state index contributed by atoms with van der Waals surface area (Å²) in [5.41, 5.74) is 7.02. The van der Waals surface area contributed by atoms with Crippen molar-refractivity contribution in [1.82, 2.24) is 9.97 Å². The molecule has 1 unspecified atom stereocenters. The van der Waals surface area contributed by atoms with E-state index in [1.165, 1.54) is 26.5 Å². The van der Waals surface area contributed by atoms with Gasteiger partial charge in [0.05, 0.1) is 26.5 Å². The van der Waals surface area contributed by atoms with Crippen molar-refractivity contribution in [2.45, 2.75) is 12.5 Å². The summed E-state index contributed by atoms with van der Waals surface area (Å²) in [4.78, 5) is 8.23. The lowest BCUT2D eigenvalue weighted by atomic mass is 10.0. The summed E-state index contributed by atoms with van der Waals surface area (Å²) < 4.78 is 36.2. The van der Waals surface area contributed by atoms with Crippen molar-refractivity contribution in [3.63, 3.8) is 0 Å². The second kappa shape index (κ2) is 6.45. The van der Waals surface area contributed by atoms with Gasteiger partial charge in [0.1, 0.15) is 5.69 Å². The van der Waals surface area contributed by atoms with Crippen molar-refractivity contribution in [3.8, 4) is 11.8 Å². The van der Waals surface area contributed by atoms with E-state index in [4.69, 9.17) is 15.2 Å². The van der Waals surface area contributed by atoms with Crippen LogP contribution in [-0.4, -0.2) is 24.2 Å². The topological polar surface area (TPSA) is 70.3 Å². The fourth-order valence-electron chi connectivity index (χ4n) is 1.89. The molecule has 0 spiro atoms. The van der Waals surface area contributed by atoms with Gasteiger partial charge in [0.2, 0.25) is 11.8 Å². The van der Waals surface area contributed by atoms with Gasteiger partial charge >= 0.3 is 0 Å². The molecule has 0 bridgehead atoms. The summed E-state index contributed by atoms with van der Waals surface area (Å²) in [5.74, 6) is -1.26. The van der Waals surface area contributed by atoms with E-state index >= 15 is 0 Å². The molecule has 1 heterocycles. The van der Waals surface area contributed by atoms with E-state index in [0.29, 0.717) is 17.1 Å². The number of methoxy groups -OCH3 is 2. The highest BCUT2D eigenvalue weighted by Crippen LogP contribution is 2.24. The normalized spacial score (nSPS) is 12.0. The second-order valence-electron chi connectivity index (χ2n) is 4.37. The van der Waals surface area contributed by atoms with Crippen LogP contribution in [0.5, 0.6) is 11.8 Å². The number of benzene rings is 1. The number of hydrogen-bond donors (Lipinski definition) is 1. The van der Waals surface area contributed by atoms with Crippen LogP contribution in [0.3, 0.4) is 0 Å². The fraction of sp³-hybridized carbons (Fsp3) is 0.286. The minimum absolute atomic E-state index is 0.240. The summed E-state index contributed by atoms with van der Waals surface area (Å²) in [5, 5.41) is 0. The molecule has 0 aliphatic heterocycles. The van der Waals surface area contributed by atoms with Gasteiger partial charge in [-0.05, 0) is 24.1 Å². The number of ether oxygens (including phenoxy) is 2. The molecule has 5 nitrogen and oxygen atoms in total. The first-order valence-electron chi connectivity index (χ1n) is 6.19. The monoisotopic (exact) mass is 295 g/mol. The Morgan fingerprint density at radius 3 is 2.57 bits per heavy atom. The summed E-state index contributed by atoms with van der Waals surface area (Å²) >= 11 is 0. The Balaban J connectivity index is 2.23. The number of nitrogens with zero attached hydrogens (tertiary/aromatic N) is 2. The highest BCUT2D eigenvalue weighted by atomic mass is 19.2. The summed E-state index contributed by atoms with van der Waals surface area (Å²) in [6.45, 7) is 0. The molecule has 1 atom stereocenters. The lowest BCUT2D eigenvalue weighted by Gasteiger charge is -2.14. The van der Waals surface area contributed by atoms with Crippen LogP contribution in [0.15, 0.2) is 24.4 Å². The number of hydrogen-bond acceptors (Lipinski definition) is 5. The van der Waals surface area contributed by atoms with Crippen LogP contribution in [-0.2, 0) is 6.42 Å². The highest BCUT2D eigenvalue weighted by molar-refractivity contribution is 5.28. The van der Waals surface area contributed by atoms with Gasteiger partial charge in [0.25, 0.3) is 0 Å². The number of nitrogens with two attached hydrogens (primary N) is 1. The number of halogens is 2. The highest BCUT2D eigenvalue weighted by Gasteiger charge is 2.17. The quantitative estimate of drug-likeness (QED) is 0.913. The van der Waals surface area contributed by atoms with Gasteiger partial charge in [-0.25, -0.2) is 13.8 Å². The van der Waals surface area contributed by atoms with Crippen molar-refractivity contribution in [2.75, 3.05) is 14.2 Å². The Labute approximate surface area is 120 Å². The fourth-order valence-corrected chi connectivity index (χ4v) is 1.89. The molecule has 0 saturated carbocycles.